The zero-order chi connectivity index (χ0) is 24.9. The molecule has 0 unspecified atom stereocenters. The van der Waals surface area contributed by atoms with Crippen molar-refractivity contribution >= 4 is 46.6 Å². The van der Waals surface area contributed by atoms with E-state index in [1.54, 1.807) is 12.1 Å². The lowest BCUT2D eigenvalue weighted by molar-refractivity contribution is -0.120. The van der Waals surface area contributed by atoms with Gasteiger partial charge in [0.1, 0.15) is 10.6 Å². The van der Waals surface area contributed by atoms with Gasteiger partial charge in [-0.15, -0.1) is 0 Å². The lowest BCUT2D eigenvalue weighted by atomic mass is 10.0. The highest BCUT2D eigenvalue weighted by molar-refractivity contribution is 8.04. The van der Waals surface area contributed by atoms with Crippen molar-refractivity contribution in [1.82, 2.24) is 0 Å². The van der Waals surface area contributed by atoms with E-state index in [4.69, 9.17) is 11.6 Å². The van der Waals surface area contributed by atoms with Crippen LogP contribution in [0.5, 0.6) is 0 Å². The van der Waals surface area contributed by atoms with Gasteiger partial charge in [-0.25, -0.2) is 4.90 Å². The first kappa shape index (κ1) is 25.1. The Kier molecular flexibility index (Phi) is 7.99. The van der Waals surface area contributed by atoms with E-state index < -0.39 is 0 Å². The number of benzene rings is 3. The van der Waals surface area contributed by atoms with Crippen LogP contribution in [0.1, 0.15) is 50.7 Å². The van der Waals surface area contributed by atoms with E-state index in [0.29, 0.717) is 21.5 Å². The van der Waals surface area contributed by atoms with Crippen molar-refractivity contribution in [2.24, 2.45) is 0 Å². The number of carbonyl (C=O) groups excluding carboxylic acids is 2. The summed E-state index contributed by atoms with van der Waals surface area (Å²) in [6, 6.07) is 22.9. The quantitative estimate of drug-likeness (QED) is 0.302. The Morgan fingerprint density at radius 2 is 1.54 bits per heavy atom. The molecule has 0 radical (unpaired) electrons. The maximum Gasteiger partial charge on any atom is 0.283 e. The molecule has 0 spiro atoms. The number of rotatable bonds is 9. The average molecular weight is 505 g/mol. The molecule has 0 saturated carbocycles. The molecule has 0 fully saturated rings. The molecule has 1 heterocycles. The molecule has 35 heavy (non-hydrogen) atoms. The predicted molar refractivity (Wildman–Crippen MR) is 146 cm³/mol. The number of aryl methyl sites for hydroxylation is 1. The zero-order valence-electron chi connectivity index (χ0n) is 20.2. The molecule has 3 aromatic carbocycles. The monoisotopic (exact) mass is 504 g/mol. The summed E-state index contributed by atoms with van der Waals surface area (Å²) in [5, 5.41) is 3.84. The van der Waals surface area contributed by atoms with E-state index in [1.165, 1.54) is 27.8 Å². The Morgan fingerprint density at radius 3 is 2.14 bits per heavy atom. The van der Waals surface area contributed by atoms with Gasteiger partial charge in [0.2, 0.25) is 0 Å². The first-order valence-corrected chi connectivity index (χ1v) is 13.1. The number of hydrogen-bond acceptors (Lipinski definition) is 4. The molecule has 0 atom stereocenters. The van der Waals surface area contributed by atoms with Crippen molar-refractivity contribution in [2.75, 3.05) is 10.2 Å². The van der Waals surface area contributed by atoms with Crippen molar-refractivity contribution in [1.29, 1.82) is 0 Å². The largest absolute Gasteiger partial charge is 0.350 e. The van der Waals surface area contributed by atoms with E-state index in [2.05, 4.69) is 26.1 Å². The Morgan fingerprint density at radius 1 is 0.886 bits per heavy atom. The standard InChI is InChI=1S/C29H29ClN2O2S/c1-4-5-6-20-7-15-24(16-8-20)32-28(33)26(31-23-13-9-21(10-14-23)19(2)3)27(29(32)34)35-25-17-11-22(30)12-18-25/h7-19,31H,4-6H2,1-3H3. The smallest absolute Gasteiger partial charge is 0.283 e. The summed E-state index contributed by atoms with van der Waals surface area (Å²) in [6.07, 6.45) is 3.20. The summed E-state index contributed by atoms with van der Waals surface area (Å²) in [5.41, 5.74) is 4.01. The number of halogens is 1. The number of amides is 2. The molecule has 180 valence electrons. The van der Waals surface area contributed by atoms with Gasteiger partial charge in [0.15, 0.2) is 0 Å². The number of anilines is 2. The third-order valence-corrected chi connectivity index (χ3v) is 7.28. The highest BCUT2D eigenvalue weighted by Gasteiger charge is 2.40. The second kappa shape index (κ2) is 11.1. The highest BCUT2D eigenvalue weighted by Crippen LogP contribution is 2.38. The molecule has 1 N–H and O–H groups in total. The molecular weight excluding hydrogens is 476 g/mol. The summed E-state index contributed by atoms with van der Waals surface area (Å²) in [6.45, 7) is 6.43. The Bertz CT molecular complexity index is 1230. The zero-order valence-corrected chi connectivity index (χ0v) is 21.7. The van der Waals surface area contributed by atoms with Crippen molar-refractivity contribution < 1.29 is 9.59 Å². The molecule has 6 heteroatoms. The number of nitrogens with one attached hydrogen (secondary N) is 1. The fourth-order valence-corrected chi connectivity index (χ4v) is 4.91. The first-order chi connectivity index (χ1) is 16.9. The van der Waals surface area contributed by atoms with Crippen molar-refractivity contribution in [3.8, 4) is 0 Å². The molecule has 0 aromatic heterocycles. The molecule has 3 aromatic rings. The predicted octanol–water partition coefficient (Wildman–Crippen LogP) is 7.80. The highest BCUT2D eigenvalue weighted by atomic mass is 35.5. The van der Waals surface area contributed by atoms with Gasteiger partial charge in [0.05, 0.1) is 5.69 Å². The van der Waals surface area contributed by atoms with Crippen LogP contribution in [-0.2, 0) is 16.0 Å². The van der Waals surface area contributed by atoms with Crippen LogP contribution in [0.4, 0.5) is 11.4 Å². The van der Waals surface area contributed by atoms with Gasteiger partial charge in [0.25, 0.3) is 11.8 Å². The molecule has 1 aliphatic rings. The molecule has 4 rings (SSSR count). The summed E-state index contributed by atoms with van der Waals surface area (Å²) >= 11 is 7.30. The topological polar surface area (TPSA) is 49.4 Å². The average Bonchev–Trinajstić information content (AvgIpc) is 3.08. The van der Waals surface area contributed by atoms with Crippen molar-refractivity contribution in [2.45, 2.75) is 50.8 Å². The van der Waals surface area contributed by atoms with E-state index in [-0.39, 0.29) is 17.5 Å². The van der Waals surface area contributed by atoms with Gasteiger partial charge < -0.3 is 5.32 Å². The van der Waals surface area contributed by atoms with Gasteiger partial charge >= 0.3 is 0 Å². The second-order valence-electron chi connectivity index (χ2n) is 8.88. The molecule has 2 amide bonds. The van der Waals surface area contributed by atoms with Crippen molar-refractivity contribution in [3.05, 3.63) is 99.5 Å². The van der Waals surface area contributed by atoms with Crippen LogP contribution in [0, 0.1) is 0 Å². The lowest BCUT2D eigenvalue weighted by Gasteiger charge is -2.16. The van der Waals surface area contributed by atoms with Crippen LogP contribution < -0.4 is 10.2 Å². The van der Waals surface area contributed by atoms with Gasteiger partial charge in [-0.1, -0.05) is 74.8 Å². The first-order valence-electron chi connectivity index (χ1n) is 11.9. The molecule has 0 bridgehead atoms. The van der Waals surface area contributed by atoms with Crippen LogP contribution in [-0.4, -0.2) is 11.8 Å². The summed E-state index contributed by atoms with van der Waals surface area (Å²) < 4.78 is 0. The fourth-order valence-electron chi connectivity index (χ4n) is 3.86. The Hall–Kier alpha value is -3.02. The van der Waals surface area contributed by atoms with Gasteiger partial charge in [0, 0.05) is 15.6 Å². The van der Waals surface area contributed by atoms with Crippen molar-refractivity contribution in [3.63, 3.8) is 0 Å². The van der Waals surface area contributed by atoms with Crippen LogP contribution in [0.25, 0.3) is 0 Å². The maximum absolute atomic E-state index is 13.6. The Labute approximate surface area is 216 Å². The fraction of sp³-hybridized carbons (Fsp3) is 0.241. The Balaban J connectivity index is 1.66. The normalized spacial score (nSPS) is 13.8. The van der Waals surface area contributed by atoms with Crippen LogP contribution in [0.15, 0.2) is 88.3 Å². The maximum atomic E-state index is 13.6. The molecule has 0 aliphatic carbocycles. The summed E-state index contributed by atoms with van der Waals surface area (Å²) in [7, 11) is 0. The molecular formula is C29H29ClN2O2S. The number of thioether (sulfide) groups is 1. The number of nitrogens with zero attached hydrogens (tertiary/aromatic N) is 1. The van der Waals surface area contributed by atoms with E-state index in [1.807, 2.05) is 60.7 Å². The third kappa shape index (κ3) is 5.80. The number of unbranched alkanes of at least 4 members (excludes halogenated alkanes) is 1. The van der Waals surface area contributed by atoms with Gasteiger partial charge in [-0.2, -0.15) is 0 Å². The summed E-state index contributed by atoms with van der Waals surface area (Å²) in [4.78, 5) is 29.6. The number of carbonyl (C=O) groups is 2. The minimum atomic E-state index is -0.360. The number of hydrogen-bond donors (Lipinski definition) is 1. The molecule has 0 saturated heterocycles. The number of imide groups is 1. The van der Waals surface area contributed by atoms with Gasteiger partial charge in [-0.05, 0) is 78.4 Å². The van der Waals surface area contributed by atoms with E-state index >= 15 is 0 Å². The van der Waals surface area contributed by atoms with Crippen LogP contribution in [0.3, 0.4) is 0 Å². The lowest BCUT2D eigenvalue weighted by Crippen LogP contribution is -2.32. The van der Waals surface area contributed by atoms with Crippen LogP contribution >= 0.6 is 23.4 Å². The third-order valence-electron chi connectivity index (χ3n) is 5.94. The minimum absolute atomic E-state index is 0.280. The molecule has 1 aliphatic heterocycles. The second-order valence-corrected chi connectivity index (χ2v) is 10.4. The SMILES string of the molecule is CCCCc1ccc(N2C(=O)C(Nc3ccc(C(C)C)cc3)=C(Sc3ccc(Cl)cc3)C2=O)cc1. The van der Waals surface area contributed by atoms with Gasteiger partial charge in [-0.3, -0.25) is 9.59 Å². The summed E-state index contributed by atoms with van der Waals surface area (Å²) in [5.74, 6) is -0.289. The van der Waals surface area contributed by atoms with Crippen LogP contribution in [0.2, 0.25) is 5.02 Å². The minimum Gasteiger partial charge on any atom is -0.350 e. The van der Waals surface area contributed by atoms with E-state index in [9.17, 15) is 9.59 Å². The molecule has 4 nitrogen and oxygen atoms in total. The van der Waals surface area contributed by atoms with E-state index in [0.717, 1.165) is 29.8 Å².